The Kier molecular flexibility index (Phi) is 3.55. The lowest BCUT2D eigenvalue weighted by Crippen LogP contribution is -2.18. The van der Waals surface area contributed by atoms with Crippen molar-refractivity contribution in [2.24, 2.45) is 0 Å². The Hall–Kier alpha value is -2.30. The highest BCUT2D eigenvalue weighted by Crippen LogP contribution is 2.19. The number of nitrogens with zero attached hydrogens (tertiary/aromatic N) is 1. The Labute approximate surface area is 111 Å². The molecule has 100 valence electrons. The first kappa shape index (κ1) is 13.1. The second-order valence-electron chi connectivity index (χ2n) is 4.59. The second kappa shape index (κ2) is 5.14. The van der Waals surface area contributed by atoms with Crippen LogP contribution in [-0.2, 0) is 0 Å². The zero-order valence-electron chi connectivity index (χ0n) is 10.9. The highest BCUT2D eigenvalue weighted by atomic mass is 19.1. The Morgan fingerprint density at radius 1 is 1.37 bits per heavy atom. The van der Waals surface area contributed by atoms with E-state index in [0.717, 1.165) is 0 Å². The third-order valence-electron chi connectivity index (χ3n) is 2.81. The molecular formula is C14H16FN3O. The molecule has 4 nitrogen and oxygen atoms in total. The highest BCUT2D eigenvalue weighted by molar-refractivity contribution is 6.03. The number of nitrogens with one attached hydrogen (secondary N) is 1. The molecule has 1 amide bonds. The lowest BCUT2D eigenvalue weighted by molar-refractivity contribution is 0.101. The van der Waals surface area contributed by atoms with Crippen molar-refractivity contribution in [3.63, 3.8) is 0 Å². The minimum absolute atomic E-state index is 0.0847. The average molecular weight is 261 g/mol. The van der Waals surface area contributed by atoms with Gasteiger partial charge >= 0.3 is 0 Å². The van der Waals surface area contributed by atoms with Gasteiger partial charge in [0.1, 0.15) is 11.5 Å². The standard InChI is InChI=1S/C14H16FN3O/c1-9(2)18-7-3-4-13(18)14(19)17-12-8-10(16)5-6-11(12)15/h3-9H,16H2,1-2H3,(H,17,19). The number of amides is 1. The summed E-state index contributed by atoms with van der Waals surface area (Å²) in [4.78, 5) is 12.1. The van der Waals surface area contributed by atoms with Crippen LogP contribution in [0.5, 0.6) is 0 Å². The van der Waals surface area contributed by atoms with Gasteiger partial charge in [0.15, 0.2) is 0 Å². The van der Waals surface area contributed by atoms with Gasteiger partial charge in [0.25, 0.3) is 5.91 Å². The van der Waals surface area contributed by atoms with Crippen molar-refractivity contribution < 1.29 is 9.18 Å². The van der Waals surface area contributed by atoms with E-state index in [9.17, 15) is 9.18 Å². The molecule has 0 aliphatic heterocycles. The van der Waals surface area contributed by atoms with Crippen molar-refractivity contribution in [1.82, 2.24) is 4.57 Å². The molecule has 0 spiro atoms. The van der Waals surface area contributed by atoms with Crippen LogP contribution >= 0.6 is 0 Å². The van der Waals surface area contributed by atoms with Crippen LogP contribution in [0.1, 0.15) is 30.4 Å². The van der Waals surface area contributed by atoms with Gasteiger partial charge in [-0.25, -0.2) is 4.39 Å². The fourth-order valence-corrected chi connectivity index (χ4v) is 1.86. The topological polar surface area (TPSA) is 60.0 Å². The van der Waals surface area contributed by atoms with E-state index in [-0.39, 0.29) is 17.6 Å². The smallest absolute Gasteiger partial charge is 0.272 e. The number of halogens is 1. The Bertz CT molecular complexity index is 604. The van der Waals surface area contributed by atoms with Gasteiger partial charge in [-0.2, -0.15) is 0 Å². The van der Waals surface area contributed by atoms with Crippen LogP contribution in [0, 0.1) is 5.82 Å². The van der Waals surface area contributed by atoms with E-state index in [4.69, 9.17) is 5.73 Å². The number of anilines is 2. The first-order chi connectivity index (χ1) is 8.99. The van der Waals surface area contributed by atoms with Crippen molar-refractivity contribution in [3.05, 3.63) is 48.0 Å². The summed E-state index contributed by atoms with van der Waals surface area (Å²) in [5.41, 5.74) is 6.54. The second-order valence-corrected chi connectivity index (χ2v) is 4.59. The van der Waals surface area contributed by atoms with E-state index in [1.807, 2.05) is 24.6 Å². The third kappa shape index (κ3) is 2.76. The lowest BCUT2D eigenvalue weighted by Gasteiger charge is -2.13. The fourth-order valence-electron chi connectivity index (χ4n) is 1.86. The first-order valence-corrected chi connectivity index (χ1v) is 6.02. The summed E-state index contributed by atoms with van der Waals surface area (Å²) in [6.45, 7) is 3.94. The Morgan fingerprint density at radius 3 is 2.79 bits per heavy atom. The van der Waals surface area contributed by atoms with Crippen molar-refractivity contribution >= 4 is 17.3 Å². The molecule has 1 aromatic heterocycles. The van der Waals surface area contributed by atoms with Crippen LogP contribution in [-0.4, -0.2) is 10.5 Å². The van der Waals surface area contributed by atoms with Gasteiger partial charge in [-0.1, -0.05) is 0 Å². The van der Waals surface area contributed by atoms with Crippen molar-refractivity contribution in [2.75, 3.05) is 11.1 Å². The Balaban J connectivity index is 2.26. The fraction of sp³-hybridized carbons (Fsp3) is 0.214. The molecule has 1 heterocycles. The summed E-state index contributed by atoms with van der Waals surface area (Å²) in [5.74, 6) is -0.867. The third-order valence-corrected chi connectivity index (χ3v) is 2.81. The van der Waals surface area contributed by atoms with Crippen LogP contribution in [0.2, 0.25) is 0 Å². The van der Waals surface area contributed by atoms with Gasteiger partial charge in [-0.3, -0.25) is 4.79 Å². The van der Waals surface area contributed by atoms with Gasteiger partial charge in [0.05, 0.1) is 5.69 Å². The number of hydrogen-bond acceptors (Lipinski definition) is 2. The molecule has 0 atom stereocenters. The molecule has 0 radical (unpaired) electrons. The van der Waals surface area contributed by atoms with E-state index in [1.54, 1.807) is 12.1 Å². The maximum absolute atomic E-state index is 13.6. The molecule has 19 heavy (non-hydrogen) atoms. The number of benzene rings is 1. The maximum atomic E-state index is 13.6. The van der Waals surface area contributed by atoms with Crippen molar-refractivity contribution in [1.29, 1.82) is 0 Å². The molecule has 0 bridgehead atoms. The molecule has 5 heteroatoms. The van der Waals surface area contributed by atoms with E-state index < -0.39 is 5.82 Å². The molecule has 0 unspecified atom stereocenters. The molecule has 0 aliphatic carbocycles. The van der Waals surface area contributed by atoms with E-state index in [1.165, 1.54) is 18.2 Å². The molecule has 2 rings (SSSR count). The summed E-state index contributed by atoms with van der Waals surface area (Å²) in [6.07, 6.45) is 1.81. The minimum atomic E-state index is -0.509. The van der Waals surface area contributed by atoms with Crippen LogP contribution < -0.4 is 11.1 Å². The lowest BCUT2D eigenvalue weighted by atomic mass is 10.2. The molecule has 2 aromatic rings. The normalized spacial score (nSPS) is 10.7. The van der Waals surface area contributed by atoms with Gasteiger partial charge in [-0.15, -0.1) is 0 Å². The van der Waals surface area contributed by atoms with E-state index in [0.29, 0.717) is 11.4 Å². The minimum Gasteiger partial charge on any atom is -0.399 e. The van der Waals surface area contributed by atoms with Gasteiger partial charge in [0.2, 0.25) is 0 Å². The number of carbonyl (C=O) groups is 1. The zero-order valence-corrected chi connectivity index (χ0v) is 10.9. The zero-order chi connectivity index (χ0) is 14.0. The van der Waals surface area contributed by atoms with Crippen molar-refractivity contribution in [2.45, 2.75) is 19.9 Å². The van der Waals surface area contributed by atoms with Crippen molar-refractivity contribution in [3.8, 4) is 0 Å². The monoisotopic (exact) mass is 261 g/mol. The number of nitrogens with two attached hydrogens (primary N) is 1. The van der Waals surface area contributed by atoms with Gasteiger partial charge < -0.3 is 15.6 Å². The van der Waals surface area contributed by atoms with Crippen LogP contribution in [0.4, 0.5) is 15.8 Å². The maximum Gasteiger partial charge on any atom is 0.272 e. The molecular weight excluding hydrogens is 245 g/mol. The first-order valence-electron chi connectivity index (χ1n) is 6.02. The predicted octanol–water partition coefficient (Wildman–Crippen LogP) is 3.04. The van der Waals surface area contributed by atoms with Crippen LogP contribution in [0.15, 0.2) is 36.5 Å². The number of aromatic nitrogens is 1. The SMILES string of the molecule is CC(C)n1cccc1C(=O)Nc1cc(N)ccc1F. The molecule has 1 aromatic carbocycles. The molecule has 0 fully saturated rings. The molecule has 0 aliphatic rings. The number of rotatable bonds is 3. The highest BCUT2D eigenvalue weighted by Gasteiger charge is 2.14. The van der Waals surface area contributed by atoms with E-state index in [2.05, 4.69) is 5.32 Å². The Morgan fingerprint density at radius 2 is 2.11 bits per heavy atom. The molecule has 0 saturated heterocycles. The summed E-state index contributed by atoms with van der Waals surface area (Å²) in [5, 5.41) is 2.53. The van der Waals surface area contributed by atoms with Gasteiger partial charge in [0, 0.05) is 17.9 Å². The summed E-state index contributed by atoms with van der Waals surface area (Å²) in [7, 11) is 0. The van der Waals surface area contributed by atoms with Crippen LogP contribution in [0.25, 0.3) is 0 Å². The number of carbonyl (C=O) groups excluding carboxylic acids is 1. The largest absolute Gasteiger partial charge is 0.399 e. The van der Waals surface area contributed by atoms with Crippen LogP contribution in [0.3, 0.4) is 0 Å². The average Bonchev–Trinajstić information content (AvgIpc) is 2.83. The number of hydrogen-bond donors (Lipinski definition) is 2. The molecule has 0 saturated carbocycles. The number of nitrogen functional groups attached to an aromatic ring is 1. The summed E-state index contributed by atoms with van der Waals surface area (Å²) in [6, 6.07) is 7.70. The summed E-state index contributed by atoms with van der Waals surface area (Å²) < 4.78 is 15.4. The summed E-state index contributed by atoms with van der Waals surface area (Å²) >= 11 is 0. The molecule has 3 N–H and O–H groups in total. The quantitative estimate of drug-likeness (QED) is 0.834. The van der Waals surface area contributed by atoms with Gasteiger partial charge in [-0.05, 0) is 44.2 Å². The van der Waals surface area contributed by atoms with E-state index >= 15 is 0 Å². The predicted molar refractivity (Wildman–Crippen MR) is 73.6 cm³/mol.